The number of carbonyl (C=O) groups is 1. The average Bonchev–Trinajstić information content (AvgIpc) is 3.04. The first-order chi connectivity index (χ1) is 13.4. The maximum Gasteiger partial charge on any atom is 0.350 e. The van der Waals surface area contributed by atoms with Crippen LogP contribution in [0.2, 0.25) is 0 Å². The molecule has 1 fully saturated rings. The molecule has 7 nitrogen and oxygen atoms in total. The molecule has 1 aliphatic rings. The van der Waals surface area contributed by atoms with Crippen molar-refractivity contribution in [3.8, 4) is 0 Å². The minimum Gasteiger partial charge on any atom is -0.462 e. The molecule has 0 bridgehead atoms. The van der Waals surface area contributed by atoms with E-state index >= 15 is 0 Å². The molecule has 2 N–H and O–H groups in total. The van der Waals surface area contributed by atoms with Crippen molar-refractivity contribution in [1.82, 2.24) is 20.5 Å². The van der Waals surface area contributed by atoms with Gasteiger partial charge in [-0.15, -0.1) is 11.3 Å². The van der Waals surface area contributed by atoms with E-state index in [1.54, 1.807) is 0 Å². The summed E-state index contributed by atoms with van der Waals surface area (Å²) in [4.78, 5) is 24.4. The van der Waals surface area contributed by atoms with E-state index in [1.165, 1.54) is 37.3 Å². The van der Waals surface area contributed by atoms with Gasteiger partial charge >= 0.3 is 5.97 Å². The number of piperidine rings is 1. The Morgan fingerprint density at radius 1 is 1.46 bits per heavy atom. The van der Waals surface area contributed by atoms with E-state index < -0.39 is 0 Å². The van der Waals surface area contributed by atoms with Crippen molar-refractivity contribution in [2.24, 2.45) is 10.9 Å². The van der Waals surface area contributed by atoms with Gasteiger partial charge in [0, 0.05) is 19.6 Å². The van der Waals surface area contributed by atoms with Crippen LogP contribution in [0.25, 0.3) is 0 Å². The molecule has 0 saturated carbocycles. The fourth-order valence-electron chi connectivity index (χ4n) is 3.37. The Morgan fingerprint density at radius 2 is 2.25 bits per heavy atom. The maximum atomic E-state index is 12.0. The third kappa shape index (κ3) is 6.74. The first-order valence-electron chi connectivity index (χ1n) is 10.4. The lowest BCUT2D eigenvalue weighted by atomic mass is 10.0. The summed E-state index contributed by atoms with van der Waals surface area (Å²) in [5.41, 5.74) is 0.716. The number of esters is 1. The van der Waals surface area contributed by atoms with Gasteiger partial charge in [0.05, 0.1) is 24.9 Å². The number of guanidine groups is 1. The van der Waals surface area contributed by atoms with Crippen LogP contribution >= 0.6 is 11.3 Å². The molecule has 0 radical (unpaired) electrons. The Kier molecular flexibility index (Phi) is 9.18. The van der Waals surface area contributed by atoms with Gasteiger partial charge in [0.15, 0.2) is 5.96 Å². The van der Waals surface area contributed by atoms with Gasteiger partial charge in [0.2, 0.25) is 0 Å². The molecule has 2 atom stereocenters. The maximum absolute atomic E-state index is 12.0. The van der Waals surface area contributed by atoms with Crippen molar-refractivity contribution in [3.63, 3.8) is 0 Å². The Labute approximate surface area is 173 Å². The largest absolute Gasteiger partial charge is 0.462 e. The summed E-state index contributed by atoms with van der Waals surface area (Å²) in [5, 5.41) is 7.57. The number of hydrogen-bond donors (Lipinski definition) is 2. The number of ether oxygens (including phenoxy) is 1. The topological polar surface area (TPSA) is 78.9 Å². The molecule has 1 aliphatic heterocycles. The van der Waals surface area contributed by atoms with Crippen LogP contribution in [0.4, 0.5) is 0 Å². The van der Waals surface area contributed by atoms with E-state index in [4.69, 9.17) is 9.73 Å². The Bertz CT molecular complexity index is 661. The summed E-state index contributed by atoms with van der Waals surface area (Å²) in [6.07, 6.45) is 2.62. The van der Waals surface area contributed by atoms with Crippen LogP contribution in [0.1, 0.15) is 67.0 Å². The van der Waals surface area contributed by atoms with Gasteiger partial charge in [0.1, 0.15) is 9.88 Å². The molecular weight excluding hydrogens is 374 g/mol. The molecule has 1 saturated heterocycles. The molecule has 2 heterocycles. The highest BCUT2D eigenvalue weighted by molar-refractivity contribution is 7.13. The smallest absolute Gasteiger partial charge is 0.350 e. The highest BCUT2D eigenvalue weighted by Gasteiger charge is 2.20. The van der Waals surface area contributed by atoms with Gasteiger partial charge < -0.3 is 20.3 Å². The Hall–Kier alpha value is -1.67. The van der Waals surface area contributed by atoms with E-state index in [2.05, 4.69) is 34.4 Å². The van der Waals surface area contributed by atoms with Crippen LogP contribution in [-0.2, 0) is 4.74 Å². The molecule has 0 amide bonds. The lowest BCUT2D eigenvalue weighted by Gasteiger charge is -2.30. The number of aliphatic imine (C=N–C) groups is 1. The Morgan fingerprint density at radius 3 is 2.93 bits per heavy atom. The Balaban J connectivity index is 1.95. The second-order valence-corrected chi connectivity index (χ2v) is 8.39. The normalized spacial score (nSPS) is 19.3. The molecule has 2 unspecified atom stereocenters. The van der Waals surface area contributed by atoms with Crippen LogP contribution in [0.15, 0.2) is 4.99 Å². The molecule has 0 spiro atoms. The SMILES string of the molecule is CCNC(=NCCN1CCCC(C)C1)NC(C)c1nc(C)c(C(=O)OCC)s1. The van der Waals surface area contributed by atoms with E-state index in [0.717, 1.165) is 36.5 Å². The summed E-state index contributed by atoms with van der Waals surface area (Å²) in [7, 11) is 0. The van der Waals surface area contributed by atoms with E-state index in [9.17, 15) is 4.79 Å². The lowest BCUT2D eigenvalue weighted by Crippen LogP contribution is -2.40. The van der Waals surface area contributed by atoms with Crippen LogP contribution in [0, 0.1) is 12.8 Å². The zero-order valence-electron chi connectivity index (χ0n) is 17.9. The number of nitrogens with one attached hydrogen (secondary N) is 2. The van der Waals surface area contributed by atoms with Crippen molar-refractivity contribution in [1.29, 1.82) is 0 Å². The number of carbonyl (C=O) groups excluding carboxylic acids is 1. The van der Waals surface area contributed by atoms with E-state index in [1.807, 2.05) is 20.8 Å². The minimum atomic E-state index is -0.299. The van der Waals surface area contributed by atoms with Crippen molar-refractivity contribution in [2.75, 3.05) is 39.3 Å². The van der Waals surface area contributed by atoms with Gasteiger partial charge in [-0.05, 0) is 53.0 Å². The monoisotopic (exact) mass is 409 g/mol. The van der Waals surface area contributed by atoms with Gasteiger partial charge in [-0.1, -0.05) is 6.92 Å². The number of aryl methyl sites for hydroxylation is 1. The van der Waals surface area contributed by atoms with Gasteiger partial charge in [-0.3, -0.25) is 4.99 Å². The first kappa shape index (κ1) is 22.6. The summed E-state index contributed by atoms with van der Waals surface area (Å²) < 4.78 is 5.11. The fraction of sp³-hybridized carbons (Fsp3) is 0.750. The molecule has 2 rings (SSSR count). The van der Waals surface area contributed by atoms with Crippen LogP contribution in [0.3, 0.4) is 0 Å². The minimum absolute atomic E-state index is 0.0420. The fourth-order valence-corrected chi connectivity index (χ4v) is 4.33. The molecule has 28 heavy (non-hydrogen) atoms. The van der Waals surface area contributed by atoms with Crippen LogP contribution < -0.4 is 10.6 Å². The van der Waals surface area contributed by atoms with Crippen molar-refractivity contribution in [3.05, 3.63) is 15.6 Å². The second-order valence-electron chi connectivity index (χ2n) is 7.36. The molecule has 158 valence electrons. The number of rotatable bonds is 8. The zero-order chi connectivity index (χ0) is 20.5. The van der Waals surface area contributed by atoms with E-state index in [-0.39, 0.29) is 12.0 Å². The van der Waals surface area contributed by atoms with Gasteiger partial charge in [-0.25, -0.2) is 9.78 Å². The van der Waals surface area contributed by atoms with E-state index in [0.29, 0.717) is 17.2 Å². The summed E-state index contributed by atoms with van der Waals surface area (Å²) in [6, 6.07) is -0.0420. The predicted octanol–water partition coefficient (Wildman–Crippen LogP) is 2.98. The molecule has 1 aromatic rings. The number of likely N-dealkylation sites (tertiary alicyclic amines) is 1. The first-order valence-corrected chi connectivity index (χ1v) is 11.2. The third-order valence-corrected chi connectivity index (χ3v) is 6.09. The van der Waals surface area contributed by atoms with Gasteiger partial charge in [0.25, 0.3) is 0 Å². The number of aromatic nitrogens is 1. The third-order valence-electron chi connectivity index (χ3n) is 4.77. The molecular formula is C20H35N5O2S. The van der Waals surface area contributed by atoms with Crippen LogP contribution in [0.5, 0.6) is 0 Å². The second kappa shape index (κ2) is 11.4. The average molecular weight is 410 g/mol. The van der Waals surface area contributed by atoms with Gasteiger partial charge in [-0.2, -0.15) is 0 Å². The van der Waals surface area contributed by atoms with Crippen LogP contribution in [-0.4, -0.2) is 61.1 Å². The number of thiazole rings is 1. The number of nitrogens with zero attached hydrogens (tertiary/aromatic N) is 3. The quantitative estimate of drug-likeness (QED) is 0.390. The summed E-state index contributed by atoms with van der Waals surface area (Å²) >= 11 is 1.38. The zero-order valence-corrected chi connectivity index (χ0v) is 18.7. The molecule has 1 aromatic heterocycles. The molecule has 0 aliphatic carbocycles. The highest BCUT2D eigenvalue weighted by atomic mass is 32.1. The standard InChI is InChI=1S/C20H35N5O2S/c1-6-21-20(22-10-12-25-11-8-9-14(3)13-25)24-16(5)18-23-15(4)17(28-18)19(26)27-7-2/h14,16H,6-13H2,1-5H3,(H2,21,22,24). The van der Waals surface area contributed by atoms with Crippen molar-refractivity contribution < 1.29 is 9.53 Å². The summed E-state index contributed by atoms with van der Waals surface area (Å²) in [6.45, 7) is 15.3. The summed E-state index contributed by atoms with van der Waals surface area (Å²) in [5.74, 6) is 1.27. The van der Waals surface area contributed by atoms with Crippen molar-refractivity contribution >= 4 is 23.3 Å². The number of hydrogen-bond acceptors (Lipinski definition) is 6. The van der Waals surface area contributed by atoms with Crippen molar-refractivity contribution in [2.45, 2.75) is 53.5 Å². The highest BCUT2D eigenvalue weighted by Crippen LogP contribution is 2.24. The molecule has 8 heteroatoms. The lowest BCUT2D eigenvalue weighted by molar-refractivity contribution is 0.0531. The molecule has 0 aromatic carbocycles. The predicted molar refractivity (Wildman–Crippen MR) is 115 cm³/mol.